The zero-order valence-electron chi connectivity index (χ0n) is 24.6. The second-order valence-electron chi connectivity index (χ2n) is 12.8. The van der Waals surface area contributed by atoms with Crippen molar-refractivity contribution in [2.24, 2.45) is 29.6 Å². The molecule has 0 unspecified atom stereocenters. The normalized spacial score (nSPS) is 30.3. The van der Waals surface area contributed by atoms with Gasteiger partial charge in [-0.3, -0.25) is 4.79 Å². The van der Waals surface area contributed by atoms with E-state index in [1.165, 1.54) is 0 Å². The second-order valence-corrected chi connectivity index (χ2v) is 17.9. The Morgan fingerprint density at radius 1 is 1.11 bits per heavy atom. The molecule has 7 atom stereocenters. The van der Waals surface area contributed by atoms with Gasteiger partial charge in [-0.1, -0.05) is 39.8 Å². The first-order chi connectivity index (χ1) is 17.9. The van der Waals surface area contributed by atoms with Crippen LogP contribution in [0.4, 0.5) is 0 Å². The Kier molecular flexibility index (Phi) is 12.3. The molecule has 1 heterocycles. The maximum absolute atomic E-state index is 12.9. The molecule has 38 heavy (non-hydrogen) atoms. The van der Waals surface area contributed by atoms with Crippen LogP contribution in [-0.4, -0.2) is 72.4 Å². The van der Waals surface area contributed by atoms with Gasteiger partial charge in [0.05, 0.1) is 32.5 Å². The predicted molar refractivity (Wildman–Crippen MR) is 152 cm³/mol. The van der Waals surface area contributed by atoms with Crippen LogP contribution in [0, 0.1) is 29.6 Å². The van der Waals surface area contributed by atoms with Crippen molar-refractivity contribution in [3.05, 3.63) is 12.2 Å². The van der Waals surface area contributed by atoms with Crippen molar-refractivity contribution < 1.29 is 32.9 Å². The molecule has 3 aliphatic rings. The highest BCUT2D eigenvalue weighted by atomic mass is 35.5. The van der Waals surface area contributed by atoms with Crippen LogP contribution >= 0.6 is 11.6 Å². The SMILES string of the molecule is COCCOCO[C@H]1CC[C@@H]2[C@H]1C=C[C@@H]([C@H](C(=O)Cl)[C@@H](C)CCC1OCCO1)C[C@@H]2O[Si](C)(C)C(C)(C)C. The summed E-state index contributed by atoms with van der Waals surface area (Å²) in [5.74, 6) is 0.406. The second kappa shape index (κ2) is 14.5. The number of methoxy groups -OCH3 is 1. The molecule has 1 saturated carbocycles. The van der Waals surface area contributed by atoms with Crippen molar-refractivity contribution in [1.29, 1.82) is 0 Å². The number of halogens is 1. The monoisotopic (exact) mass is 574 g/mol. The van der Waals surface area contributed by atoms with Crippen LogP contribution in [0.1, 0.15) is 59.8 Å². The van der Waals surface area contributed by atoms with Crippen molar-refractivity contribution in [3.63, 3.8) is 0 Å². The molecule has 2 fully saturated rings. The molecule has 1 aliphatic heterocycles. The van der Waals surface area contributed by atoms with Crippen LogP contribution in [0.15, 0.2) is 12.2 Å². The highest BCUT2D eigenvalue weighted by Crippen LogP contribution is 2.48. The quantitative estimate of drug-likeness (QED) is 0.0809. The number of carbonyl (C=O) groups excluding carboxylic acids is 1. The molecule has 0 radical (unpaired) electrons. The van der Waals surface area contributed by atoms with Crippen molar-refractivity contribution in [1.82, 2.24) is 0 Å². The summed E-state index contributed by atoms with van der Waals surface area (Å²) in [5.41, 5.74) is 0. The molecular weight excluding hydrogens is 524 g/mol. The summed E-state index contributed by atoms with van der Waals surface area (Å²) in [7, 11) is -0.383. The molecule has 9 heteroatoms. The summed E-state index contributed by atoms with van der Waals surface area (Å²) >= 11 is 6.31. The number of ether oxygens (including phenoxy) is 5. The molecule has 7 nitrogen and oxygen atoms in total. The molecule has 220 valence electrons. The largest absolute Gasteiger partial charge is 0.414 e. The molecule has 0 N–H and O–H groups in total. The smallest absolute Gasteiger partial charge is 0.225 e. The highest BCUT2D eigenvalue weighted by molar-refractivity contribution is 6.74. The lowest BCUT2D eigenvalue weighted by molar-refractivity contribution is -0.118. The summed E-state index contributed by atoms with van der Waals surface area (Å²) < 4.78 is 35.3. The first-order valence-corrected chi connectivity index (χ1v) is 17.7. The fourth-order valence-corrected chi connectivity index (χ4v) is 7.72. The maximum Gasteiger partial charge on any atom is 0.225 e. The number of rotatable bonds is 14. The molecule has 0 aromatic rings. The zero-order valence-corrected chi connectivity index (χ0v) is 26.3. The Hall–Kier alpha value is -0.323. The van der Waals surface area contributed by atoms with Crippen LogP contribution in [0.3, 0.4) is 0 Å². The molecule has 0 aromatic carbocycles. The Balaban J connectivity index is 1.78. The van der Waals surface area contributed by atoms with Gasteiger partial charge in [-0.2, -0.15) is 0 Å². The van der Waals surface area contributed by atoms with Gasteiger partial charge in [0.15, 0.2) is 14.6 Å². The van der Waals surface area contributed by atoms with Crippen LogP contribution < -0.4 is 0 Å². The van der Waals surface area contributed by atoms with Gasteiger partial charge in [0, 0.05) is 25.0 Å². The number of hydrogen-bond acceptors (Lipinski definition) is 7. The van der Waals surface area contributed by atoms with Crippen molar-refractivity contribution in [2.45, 2.75) is 96.4 Å². The average molecular weight is 575 g/mol. The van der Waals surface area contributed by atoms with E-state index in [2.05, 4.69) is 52.9 Å². The van der Waals surface area contributed by atoms with Crippen LogP contribution in [0.5, 0.6) is 0 Å². The third-order valence-electron chi connectivity index (χ3n) is 9.21. The van der Waals surface area contributed by atoms with E-state index in [1.54, 1.807) is 7.11 Å². The van der Waals surface area contributed by atoms with Gasteiger partial charge >= 0.3 is 0 Å². The first-order valence-electron chi connectivity index (χ1n) is 14.4. The summed E-state index contributed by atoms with van der Waals surface area (Å²) in [5, 5.41) is -0.171. The topological polar surface area (TPSA) is 72.5 Å². The minimum Gasteiger partial charge on any atom is -0.414 e. The van der Waals surface area contributed by atoms with Crippen molar-refractivity contribution in [3.8, 4) is 0 Å². The molecule has 3 rings (SSSR count). The zero-order chi connectivity index (χ0) is 27.9. The third-order valence-corrected chi connectivity index (χ3v) is 14.0. The van der Waals surface area contributed by atoms with Crippen LogP contribution in [-0.2, 0) is 32.9 Å². The standard InChI is InChI=1S/C29H51ClO7Si/c1-20(8-13-26-34-16-17-35-26)27(28(30)31)21-9-10-22-23(11-12-24(22)36-19-33-15-14-32-5)25(18-21)37-38(6,7)29(2,3)4/h9-10,20-27H,8,11-19H2,1-7H3/t20-,21+,22+,23+,24-,25-,27+/m0/s1. The van der Waals surface area contributed by atoms with Gasteiger partial charge in [0.25, 0.3) is 0 Å². The maximum atomic E-state index is 12.9. The van der Waals surface area contributed by atoms with Crippen molar-refractivity contribution in [2.75, 3.05) is 40.3 Å². The van der Waals surface area contributed by atoms with E-state index in [4.69, 9.17) is 39.7 Å². The number of fused-ring (bicyclic) bond motifs is 1. The average Bonchev–Trinajstić information content (AvgIpc) is 3.46. The van der Waals surface area contributed by atoms with E-state index in [0.29, 0.717) is 32.3 Å². The van der Waals surface area contributed by atoms with E-state index in [9.17, 15) is 4.79 Å². The van der Waals surface area contributed by atoms with Crippen LogP contribution in [0.25, 0.3) is 0 Å². The van der Waals surface area contributed by atoms with Gasteiger partial charge in [0.2, 0.25) is 5.24 Å². The Bertz CT molecular complexity index is 765. The molecule has 0 amide bonds. The van der Waals surface area contributed by atoms with E-state index >= 15 is 0 Å². The van der Waals surface area contributed by atoms with Crippen LogP contribution in [0.2, 0.25) is 18.1 Å². The van der Waals surface area contributed by atoms with Gasteiger partial charge in [-0.05, 0) is 79.6 Å². The number of hydrogen-bond donors (Lipinski definition) is 0. The molecular formula is C29H51ClO7Si. The van der Waals surface area contributed by atoms with Crippen molar-refractivity contribution >= 4 is 25.2 Å². The lowest BCUT2D eigenvalue weighted by Crippen LogP contribution is -2.47. The fourth-order valence-electron chi connectivity index (χ4n) is 5.96. The number of carbonyl (C=O) groups is 1. The summed E-state index contributed by atoms with van der Waals surface area (Å²) in [6.45, 7) is 16.2. The lowest BCUT2D eigenvalue weighted by atomic mass is 9.78. The van der Waals surface area contributed by atoms with E-state index < -0.39 is 8.32 Å². The lowest BCUT2D eigenvalue weighted by Gasteiger charge is -2.42. The molecule has 0 spiro atoms. The van der Waals surface area contributed by atoms with Gasteiger partial charge in [-0.15, -0.1) is 0 Å². The summed E-state index contributed by atoms with van der Waals surface area (Å²) in [6, 6.07) is 0. The Labute approximate surface area is 236 Å². The minimum atomic E-state index is -2.05. The Morgan fingerprint density at radius 3 is 2.45 bits per heavy atom. The molecule has 0 bridgehead atoms. The summed E-state index contributed by atoms with van der Waals surface area (Å²) in [4.78, 5) is 12.9. The first kappa shape index (κ1) is 32.2. The predicted octanol–water partition coefficient (Wildman–Crippen LogP) is 6.16. The molecule has 0 aromatic heterocycles. The summed E-state index contributed by atoms with van der Waals surface area (Å²) in [6.07, 6.45) is 8.88. The number of allylic oxidation sites excluding steroid dienone is 1. The van der Waals surface area contributed by atoms with E-state index in [1.807, 2.05) is 0 Å². The van der Waals surface area contributed by atoms with E-state index in [0.717, 1.165) is 32.1 Å². The fraction of sp³-hybridized carbons (Fsp3) is 0.897. The molecule has 1 saturated heterocycles. The van der Waals surface area contributed by atoms with Gasteiger partial charge < -0.3 is 28.1 Å². The van der Waals surface area contributed by atoms with Gasteiger partial charge in [0.1, 0.15) is 6.79 Å². The minimum absolute atomic E-state index is 0.0133. The van der Waals surface area contributed by atoms with Gasteiger partial charge in [-0.25, -0.2) is 0 Å². The molecule has 2 aliphatic carbocycles. The van der Waals surface area contributed by atoms with E-state index in [-0.39, 0.29) is 59.2 Å². The highest BCUT2D eigenvalue weighted by Gasteiger charge is 2.48. The third kappa shape index (κ3) is 8.59. The Morgan fingerprint density at radius 2 is 1.82 bits per heavy atom.